The maximum atomic E-state index is 9.47. The summed E-state index contributed by atoms with van der Waals surface area (Å²) in [5.74, 6) is -0.119. The normalized spacial score (nSPS) is 25.2. The second-order valence-corrected chi connectivity index (χ2v) is 5.79. The molecule has 0 N–H and O–H groups in total. The lowest BCUT2D eigenvalue weighted by Gasteiger charge is -2.32. The standard InChI is InChI=1S/C17H22N2O/c1-4-10-19-12-16(15(11-18)17(19,2)3)20-13-14-8-6-5-7-9-14/h4-9,15-16H,1,10,12-13H2,2-3H3/t15-,16-/m1/s1. The number of benzene rings is 1. The molecule has 2 rings (SSSR count). The average molecular weight is 270 g/mol. The van der Waals surface area contributed by atoms with Gasteiger partial charge in [-0.1, -0.05) is 36.4 Å². The molecule has 0 saturated carbocycles. The highest BCUT2D eigenvalue weighted by Crippen LogP contribution is 2.36. The molecular weight excluding hydrogens is 248 g/mol. The Labute approximate surface area is 121 Å². The molecule has 1 aliphatic rings. The van der Waals surface area contributed by atoms with Gasteiger partial charge >= 0.3 is 0 Å². The summed E-state index contributed by atoms with van der Waals surface area (Å²) in [6.45, 7) is 10.1. The highest BCUT2D eigenvalue weighted by Gasteiger charge is 2.48. The van der Waals surface area contributed by atoms with E-state index in [0.29, 0.717) is 6.61 Å². The van der Waals surface area contributed by atoms with Crippen LogP contribution in [0.4, 0.5) is 0 Å². The van der Waals surface area contributed by atoms with Crippen LogP contribution in [0.3, 0.4) is 0 Å². The van der Waals surface area contributed by atoms with Gasteiger partial charge in [-0.2, -0.15) is 5.26 Å². The van der Waals surface area contributed by atoms with E-state index in [2.05, 4.69) is 31.4 Å². The van der Waals surface area contributed by atoms with Crippen molar-refractivity contribution in [2.75, 3.05) is 13.1 Å². The predicted octanol–water partition coefficient (Wildman–Crippen LogP) is 2.99. The van der Waals surface area contributed by atoms with Crippen molar-refractivity contribution in [3.8, 4) is 6.07 Å². The minimum absolute atomic E-state index is 0.0462. The second-order valence-electron chi connectivity index (χ2n) is 5.79. The summed E-state index contributed by atoms with van der Waals surface area (Å²) in [6, 6.07) is 12.5. The number of nitriles is 1. The molecular formula is C17H22N2O. The summed E-state index contributed by atoms with van der Waals surface area (Å²) in [7, 11) is 0. The molecule has 0 aromatic heterocycles. The van der Waals surface area contributed by atoms with Crippen LogP contribution >= 0.6 is 0 Å². The number of ether oxygens (including phenoxy) is 1. The van der Waals surface area contributed by atoms with Crippen molar-refractivity contribution in [2.45, 2.75) is 32.1 Å². The summed E-state index contributed by atoms with van der Waals surface area (Å²) >= 11 is 0. The third-order valence-electron chi connectivity index (χ3n) is 4.14. The number of hydrogen-bond donors (Lipinski definition) is 0. The molecule has 0 aliphatic carbocycles. The number of rotatable bonds is 5. The first-order valence-corrected chi connectivity index (χ1v) is 7.00. The van der Waals surface area contributed by atoms with E-state index >= 15 is 0 Å². The third-order valence-corrected chi connectivity index (χ3v) is 4.14. The number of likely N-dealkylation sites (tertiary alicyclic amines) is 1. The Hall–Kier alpha value is -1.63. The predicted molar refractivity (Wildman–Crippen MR) is 80.0 cm³/mol. The average Bonchev–Trinajstić information content (AvgIpc) is 2.68. The summed E-state index contributed by atoms with van der Waals surface area (Å²) in [4.78, 5) is 2.27. The van der Waals surface area contributed by atoms with Crippen LogP contribution in [0, 0.1) is 17.2 Å². The number of hydrogen-bond acceptors (Lipinski definition) is 3. The van der Waals surface area contributed by atoms with E-state index in [9.17, 15) is 5.26 Å². The third kappa shape index (κ3) is 2.92. The Kier molecular flexibility index (Phi) is 4.59. The zero-order valence-electron chi connectivity index (χ0n) is 12.2. The summed E-state index contributed by atoms with van der Waals surface area (Å²) in [5.41, 5.74) is 0.966. The van der Waals surface area contributed by atoms with Crippen LogP contribution in [0.5, 0.6) is 0 Å². The quantitative estimate of drug-likeness (QED) is 0.772. The van der Waals surface area contributed by atoms with Crippen LogP contribution in [0.2, 0.25) is 0 Å². The lowest BCUT2D eigenvalue weighted by atomic mass is 9.88. The van der Waals surface area contributed by atoms with Crippen molar-refractivity contribution in [3.05, 3.63) is 48.6 Å². The van der Waals surface area contributed by atoms with Crippen molar-refractivity contribution in [3.63, 3.8) is 0 Å². The highest BCUT2D eigenvalue weighted by atomic mass is 16.5. The molecule has 1 heterocycles. The van der Waals surface area contributed by atoms with Gasteiger partial charge in [0.2, 0.25) is 0 Å². The van der Waals surface area contributed by atoms with Crippen LogP contribution < -0.4 is 0 Å². The molecule has 0 spiro atoms. The maximum Gasteiger partial charge on any atom is 0.0916 e. The zero-order chi connectivity index (χ0) is 14.6. The van der Waals surface area contributed by atoms with Gasteiger partial charge in [0.1, 0.15) is 0 Å². The summed E-state index contributed by atoms with van der Waals surface area (Å²) < 4.78 is 6.01. The molecule has 2 atom stereocenters. The zero-order valence-corrected chi connectivity index (χ0v) is 12.2. The molecule has 1 fully saturated rings. The Balaban J connectivity index is 2.04. The second kappa shape index (κ2) is 6.21. The topological polar surface area (TPSA) is 36.3 Å². The van der Waals surface area contributed by atoms with Gasteiger partial charge in [-0.15, -0.1) is 6.58 Å². The van der Waals surface area contributed by atoms with Gasteiger partial charge in [0.05, 0.1) is 24.7 Å². The SMILES string of the molecule is C=CCN1C[C@@H](OCc2ccccc2)[C@@H](C#N)C1(C)C. The molecule has 1 aromatic carbocycles. The Morgan fingerprint density at radius 1 is 1.45 bits per heavy atom. The largest absolute Gasteiger partial charge is 0.371 e. The van der Waals surface area contributed by atoms with Gasteiger partial charge in [-0.3, -0.25) is 4.90 Å². The van der Waals surface area contributed by atoms with Crippen LogP contribution in [0.25, 0.3) is 0 Å². The fourth-order valence-corrected chi connectivity index (χ4v) is 2.84. The van der Waals surface area contributed by atoms with E-state index in [1.807, 2.05) is 36.4 Å². The summed E-state index contributed by atoms with van der Waals surface area (Å²) in [6.07, 6.45) is 1.84. The van der Waals surface area contributed by atoms with Gasteiger partial charge < -0.3 is 4.74 Å². The molecule has 0 radical (unpaired) electrons. The van der Waals surface area contributed by atoms with E-state index in [1.54, 1.807) is 0 Å². The molecule has 3 heteroatoms. The molecule has 0 unspecified atom stereocenters. The van der Waals surface area contributed by atoms with Crippen LogP contribution in [-0.2, 0) is 11.3 Å². The fraction of sp³-hybridized carbons (Fsp3) is 0.471. The highest BCUT2D eigenvalue weighted by molar-refractivity contribution is 5.15. The molecule has 3 nitrogen and oxygen atoms in total. The van der Waals surface area contributed by atoms with Gasteiger partial charge in [-0.25, -0.2) is 0 Å². The van der Waals surface area contributed by atoms with Gasteiger partial charge in [0.15, 0.2) is 0 Å². The van der Waals surface area contributed by atoms with Crippen LogP contribution in [0.1, 0.15) is 19.4 Å². The van der Waals surface area contributed by atoms with E-state index in [-0.39, 0.29) is 17.6 Å². The lowest BCUT2D eigenvalue weighted by molar-refractivity contribution is 0.0303. The molecule has 1 saturated heterocycles. The van der Waals surface area contributed by atoms with Crippen molar-refractivity contribution in [1.82, 2.24) is 4.90 Å². The molecule has 106 valence electrons. The van der Waals surface area contributed by atoms with E-state index in [0.717, 1.165) is 18.7 Å². The smallest absolute Gasteiger partial charge is 0.0916 e. The van der Waals surface area contributed by atoms with Gasteiger partial charge in [0, 0.05) is 18.6 Å². The van der Waals surface area contributed by atoms with Gasteiger partial charge in [-0.05, 0) is 19.4 Å². The fourth-order valence-electron chi connectivity index (χ4n) is 2.84. The first-order valence-electron chi connectivity index (χ1n) is 7.00. The Bertz CT molecular complexity index is 489. The first-order chi connectivity index (χ1) is 9.59. The Morgan fingerprint density at radius 3 is 2.75 bits per heavy atom. The lowest BCUT2D eigenvalue weighted by Crippen LogP contribution is -2.42. The van der Waals surface area contributed by atoms with E-state index in [1.165, 1.54) is 0 Å². The van der Waals surface area contributed by atoms with Crippen molar-refractivity contribution in [1.29, 1.82) is 5.26 Å². The van der Waals surface area contributed by atoms with Crippen molar-refractivity contribution >= 4 is 0 Å². The van der Waals surface area contributed by atoms with E-state index < -0.39 is 0 Å². The molecule has 20 heavy (non-hydrogen) atoms. The monoisotopic (exact) mass is 270 g/mol. The molecule has 0 bridgehead atoms. The first kappa shape index (κ1) is 14.8. The Morgan fingerprint density at radius 2 is 2.15 bits per heavy atom. The minimum atomic E-state index is -0.176. The minimum Gasteiger partial charge on any atom is -0.371 e. The van der Waals surface area contributed by atoms with Crippen molar-refractivity contribution in [2.24, 2.45) is 5.92 Å². The van der Waals surface area contributed by atoms with Gasteiger partial charge in [0.25, 0.3) is 0 Å². The van der Waals surface area contributed by atoms with E-state index in [4.69, 9.17) is 4.74 Å². The molecule has 1 aromatic rings. The summed E-state index contributed by atoms with van der Waals surface area (Å²) in [5, 5.41) is 9.47. The number of nitrogens with zero attached hydrogens (tertiary/aromatic N) is 2. The van der Waals surface area contributed by atoms with Crippen molar-refractivity contribution < 1.29 is 4.74 Å². The maximum absolute atomic E-state index is 9.47. The molecule has 0 amide bonds. The molecule has 1 aliphatic heterocycles. The van der Waals surface area contributed by atoms with Crippen LogP contribution in [0.15, 0.2) is 43.0 Å². The van der Waals surface area contributed by atoms with Crippen LogP contribution in [-0.4, -0.2) is 29.6 Å².